The first-order chi connectivity index (χ1) is 16.0. The topological polar surface area (TPSA) is 95.5 Å². The summed E-state index contributed by atoms with van der Waals surface area (Å²) in [6.45, 7) is 8.06. The fourth-order valence-corrected chi connectivity index (χ4v) is 4.61. The van der Waals surface area contributed by atoms with Gasteiger partial charge in [0.05, 0.1) is 10.9 Å². The van der Waals surface area contributed by atoms with Crippen LogP contribution in [-0.2, 0) is 6.54 Å². The highest BCUT2D eigenvalue weighted by Crippen LogP contribution is 2.14. The highest BCUT2D eigenvalue weighted by molar-refractivity contribution is 5.96. The number of rotatable bonds is 8. The number of hydrogen-bond acceptors (Lipinski definition) is 5. The molecular weight excluding hydrogens is 416 g/mol. The van der Waals surface area contributed by atoms with E-state index in [1.165, 1.54) is 23.7 Å². The van der Waals surface area contributed by atoms with Crippen molar-refractivity contribution in [2.75, 3.05) is 26.2 Å². The molecule has 4 heterocycles. The first-order valence-electron chi connectivity index (χ1n) is 12.1. The van der Waals surface area contributed by atoms with Crippen LogP contribution in [0.3, 0.4) is 0 Å². The summed E-state index contributed by atoms with van der Waals surface area (Å²) in [5.74, 6) is -0.308. The van der Waals surface area contributed by atoms with Crippen molar-refractivity contribution in [3.8, 4) is 0 Å². The average molecular weight is 451 g/mol. The van der Waals surface area contributed by atoms with Crippen LogP contribution < -0.4 is 16.4 Å². The molecule has 8 nitrogen and oxygen atoms in total. The monoisotopic (exact) mass is 450 g/mol. The Labute approximate surface area is 193 Å². The number of hydrogen-bond donors (Lipinski definition) is 2. The van der Waals surface area contributed by atoms with Crippen molar-refractivity contribution in [2.24, 2.45) is 0 Å². The fourth-order valence-electron chi connectivity index (χ4n) is 4.61. The van der Waals surface area contributed by atoms with E-state index in [-0.39, 0.29) is 22.5 Å². The predicted molar refractivity (Wildman–Crippen MR) is 130 cm³/mol. The van der Waals surface area contributed by atoms with Crippen molar-refractivity contribution >= 4 is 22.6 Å². The first-order valence-corrected chi connectivity index (χ1v) is 12.1. The zero-order valence-electron chi connectivity index (χ0n) is 19.7. The van der Waals surface area contributed by atoms with Crippen LogP contribution in [0.2, 0.25) is 0 Å². The van der Waals surface area contributed by atoms with Gasteiger partial charge in [0.25, 0.3) is 11.5 Å². The van der Waals surface area contributed by atoms with Crippen LogP contribution >= 0.6 is 0 Å². The third kappa shape index (κ3) is 4.85. The van der Waals surface area contributed by atoms with E-state index >= 15 is 0 Å². The first kappa shape index (κ1) is 23.2. The number of piperidine rings is 1. The molecule has 1 fully saturated rings. The molecule has 8 heteroatoms. The second-order valence-corrected chi connectivity index (χ2v) is 8.96. The van der Waals surface area contributed by atoms with Gasteiger partial charge in [-0.2, -0.15) is 0 Å². The lowest BCUT2D eigenvalue weighted by molar-refractivity contribution is 0.0944. The standard InChI is InChI=1S/C25H34N6O2/c1-3-4-6-14-30-21(26)19(24(32)27-11-16-29-12-7-5-8-13-29)17-20-23(30)28-22-18(2)10-9-15-31(22)25(20)33/h9-10,15,17,26H,3-8,11-14,16H2,1-2H3,(H,27,32). The minimum atomic E-state index is -0.308. The van der Waals surface area contributed by atoms with E-state index in [0.29, 0.717) is 29.8 Å². The van der Waals surface area contributed by atoms with Gasteiger partial charge < -0.3 is 14.8 Å². The maximum Gasteiger partial charge on any atom is 0.267 e. The van der Waals surface area contributed by atoms with Crippen molar-refractivity contribution in [1.82, 2.24) is 24.2 Å². The summed E-state index contributed by atoms with van der Waals surface area (Å²) < 4.78 is 3.26. The minimum absolute atomic E-state index is 0.110. The van der Waals surface area contributed by atoms with Crippen molar-refractivity contribution in [2.45, 2.75) is 58.9 Å². The Hall–Kier alpha value is -3.00. The molecule has 0 unspecified atom stereocenters. The number of amides is 1. The number of fused-ring (bicyclic) bond motifs is 2. The smallest absolute Gasteiger partial charge is 0.267 e. The summed E-state index contributed by atoms with van der Waals surface area (Å²) in [4.78, 5) is 33.5. The molecule has 0 spiro atoms. The molecule has 0 aliphatic carbocycles. The van der Waals surface area contributed by atoms with Gasteiger partial charge in [0.15, 0.2) is 0 Å². The molecule has 1 saturated heterocycles. The van der Waals surface area contributed by atoms with Gasteiger partial charge in [-0.15, -0.1) is 0 Å². The normalized spacial score (nSPS) is 14.7. The zero-order chi connectivity index (χ0) is 23.4. The van der Waals surface area contributed by atoms with Crippen LogP contribution in [0.15, 0.2) is 29.2 Å². The van der Waals surface area contributed by atoms with Crippen LogP contribution in [0.1, 0.15) is 61.4 Å². The molecule has 1 aliphatic heterocycles. The second-order valence-electron chi connectivity index (χ2n) is 8.96. The molecule has 2 N–H and O–H groups in total. The lowest BCUT2D eigenvalue weighted by Crippen LogP contribution is -2.40. The number of carbonyl (C=O) groups is 1. The number of aromatic nitrogens is 3. The highest BCUT2D eigenvalue weighted by atomic mass is 16.1. The van der Waals surface area contributed by atoms with Gasteiger partial charge in [0.2, 0.25) is 0 Å². The van der Waals surface area contributed by atoms with Crippen molar-refractivity contribution in [1.29, 1.82) is 5.41 Å². The number of likely N-dealkylation sites (tertiary alicyclic amines) is 1. The summed E-state index contributed by atoms with van der Waals surface area (Å²) in [5, 5.41) is 12.1. The van der Waals surface area contributed by atoms with E-state index in [2.05, 4.69) is 17.1 Å². The SMILES string of the molecule is CCCCCn1c(=N)c(C(=O)NCCN2CCCCC2)cc2c(=O)n3cccc(C)c3nc21. The summed E-state index contributed by atoms with van der Waals surface area (Å²) in [6.07, 6.45) is 8.29. The van der Waals surface area contributed by atoms with Crippen LogP contribution in [0.4, 0.5) is 0 Å². The van der Waals surface area contributed by atoms with E-state index in [0.717, 1.165) is 44.5 Å². The quantitative estimate of drug-likeness (QED) is 0.407. The molecule has 3 aromatic rings. The fraction of sp³-hybridized carbons (Fsp3) is 0.520. The van der Waals surface area contributed by atoms with Crippen molar-refractivity contribution < 1.29 is 4.79 Å². The molecule has 0 radical (unpaired) electrons. The van der Waals surface area contributed by atoms with Gasteiger partial charge in [-0.3, -0.25) is 19.4 Å². The lowest BCUT2D eigenvalue weighted by Gasteiger charge is -2.26. The Morgan fingerprint density at radius 1 is 1.15 bits per heavy atom. The van der Waals surface area contributed by atoms with Gasteiger partial charge in [0, 0.05) is 25.8 Å². The minimum Gasteiger partial charge on any atom is -0.351 e. The molecule has 0 aromatic carbocycles. The van der Waals surface area contributed by atoms with E-state index < -0.39 is 0 Å². The molecule has 33 heavy (non-hydrogen) atoms. The molecule has 0 saturated carbocycles. The van der Waals surface area contributed by atoms with Crippen molar-refractivity contribution in [3.05, 3.63) is 51.4 Å². The Balaban J connectivity index is 1.72. The number of unbranched alkanes of at least 4 members (excludes halogenated alkanes) is 2. The van der Waals surface area contributed by atoms with Gasteiger partial charge in [-0.25, -0.2) is 4.98 Å². The molecule has 4 rings (SSSR count). The van der Waals surface area contributed by atoms with Gasteiger partial charge >= 0.3 is 0 Å². The van der Waals surface area contributed by atoms with E-state index in [4.69, 9.17) is 10.4 Å². The highest BCUT2D eigenvalue weighted by Gasteiger charge is 2.18. The summed E-state index contributed by atoms with van der Waals surface area (Å²) >= 11 is 0. The number of carbonyl (C=O) groups excluding carboxylic acids is 1. The Kier molecular flexibility index (Phi) is 7.23. The third-order valence-electron chi connectivity index (χ3n) is 6.53. The average Bonchev–Trinajstić information content (AvgIpc) is 2.82. The second kappa shape index (κ2) is 10.3. The number of pyridine rings is 2. The number of aryl methyl sites for hydroxylation is 2. The van der Waals surface area contributed by atoms with Gasteiger partial charge in [-0.1, -0.05) is 32.3 Å². The molecule has 3 aromatic heterocycles. The molecule has 1 aliphatic rings. The van der Waals surface area contributed by atoms with E-state index in [9.17, 15) is 9.59 Å². The maximum atomic E-state index is 13.3. The zero-order valence-corrected chi connectivity index (χ0v) is 19.7. The molecule has 1 amide bonds. The van der Waals surface area contributed by atoms with Crippen LogP contribution in [-0.4, -0.2) is 50.9 Å². The van der Waals surface area contributed by atoms with Crippen LogP contribution in [0.5, 0.6) is 0 Å². The van der Waals surface area contributed by atoms with Gasteiger partial charge in [-0.05, 0) is 57.0 Å². The van der Waals surface area contributed by atoms with Gasteiger partial charge in [0.1, 0.15) is 16.8 Å². The lowest BCUT2D eigenvalue weighted by atomic mass is 10.1. The van der Waals surface area contributed by atoms with Crippen LogP contribution in [0.25, 0.3) is 16.7 Å². The Bertz CT molecular complexity index is 1270. The van der Waals surface area contributed by atoms with E-state index in [1.54, 1.807) is 16.8 Å². The largest absolute Gasteiger partial charge is 0.351 e. The summed E-state index contributed by atoms with van der Waals surface area (Å²) in [5.41, 5.74) is 2.06. The van der Waals surface area contributed by atoms with E-state index in [1.807, 2.05) is 19.1 Å². The molecule has 0 bridgehead atoms. The third-order valence-corrected chi connectivity index (χ3v) is 6.53. The predicted octanol–water partition coefficient (Wildman–Crippen LogP) is 2.84. The molecule has 176 valence electrons. The number of nitrogens with one attached hydrogen (secondary N) is 2. The Morgan fingerprint density at radius 2 is 1.94 bits per heavy atom. The van der Waals surface area contributed by atoms with Crippen molar-refractivity contribution in [3.63, 3.8) is 0 Å². The van der Waals surface area contributed by atoms with Crippen LogP contribution in [0, 0.1) is 12.3 Å². The molecule has 0 atom stereocenters. The summed E-state index contributed by atoms with van der Waals surface area (Å²) in [7, 11) is 0. The summed E-state index contributed by atoms with van der Waals surface area (Å²) in [6, 6.07) is 5.29. The number of nitrogens with zero attached hydrogens (tertiary/aromatic N) is 4. The maximum absolute atomic E-state index is 13.3. The molecular formula is C25H34N6O2. The Morgan fingerprint density at radius 3 is 2.70 bits per heavy atom.